The molecule has 3 rings (SSSR count). The second-order valence-electron chi connectivity index (χ2n) is 3.48. The van der Waals surface area contributed by atoms with Gasteiger partial charge in [-0.05, 0) is 13.3 Å². The Balaban J connectivity index is 2.21. The van der Waals surface area contributed by atoms with Crippen molar-refractivity contribution in [3.8, 4) is 0 Å². The van der Waals surface area contributed by atoms with Crippen LogP contribution >= 0.6 is 0 Å². The van der Waals surface area contributed by atoms with Crippen molar-refractivity contribution < 1.29 is 14.3 Å². The van der Waals surface area contributed by atoms with Crippen molar-refractivity contribution in [3.63, 3.8) is 0 Å². The first-order valence-corrected chi connectivity index (χ1v) is 4.62. The summed E-state index contributed by atoms with van der Waals surface area (Å²) in [7, 11) is 0. The maximum Gasteiger partial charge on any atom is 0.208 e. The smallest absolute Gasteiger partial charge is 0.208 e. The highest BCUT2D eigenvalue weighted by Gasteiger charge is 2.44. The van der Waals surface area contributed by atoms with Gasteiger partial charge in [-0.25, -0.2) is 0 Å². The molecule has 0 heterocycles. The van der Waals surface area contributed by atoms with Gasteiger partial charge in [0, 0.05) is 12.5 Å². The molecule has 0 N–H and O–H groups in total. The number of hydrogen-bond donors (Lipinski definition) is 0. The number of ketones is 2. The third-order valence-electron chi connectivity index (χ3n) is 2.70. The molecule has 3 atom stereocenters. The quantitative estimate of drug-likeness (QED) is 0.465. The minimum absolute atomic E-state index is 0.0646. The van der Waals surface area contributed by atoms with Gasteiger partial charge in [-0.15, -0.1) is 0 Å². The molecule has 3 nitrogen and oxygen atoms in total. The number of hydrogen-bond acceptors (Lipinski definition) is 3. The SMILES string of the molecule is CCO[C@H]1C[C@@H]2C=C[C@H]1C(=O)C2=O. The normalized spacial score (nSPS) is 37.2. The van der Waals surface area contributed by atoms with Crippen LogP contribution < -0.4 is 0 Å². The second kappa shape index (κ2) is 3.07. The van der Waals surface area contributed by atoms with Crippen LogP contribution in [0.25, 0.3) is 0 Å². The molecule has 3 aliphatic rings. The van der Waals surface area contributed by atoms with Gasteiger partial charge in [0.2, 0.25) is 11.6 Å². The zero-order chi connectivity index (χ0) is 9.42. The van der Waals surface area contributed by atoms with E-state index in [2.05, 4.69) is 0 Å². The average molecular weight is 180 g/mol. The number of rotatable bonds is 2. The van der Waals surface area contributed by atoms with Gasteiger partial charge in [0.1, 0.15) is 0 Å². The summed E-state index contributed by atoms with van der Waals surface area (Å²) in [6, 6.07) is 0. The fourth-order valence-electron chi connectivity index (χ4n) is 2.04. The van der Waals surface area contributed by atoms with E-state index < -0.39 is 0 Å². The van der Waals surface area contributed by atoms with E-state index in [0.29, 0.717) is 13.0 Å². The molecule has 0 aromatic rings. The predicted octanol–water partition coefficient (Wildman–Crippen LogP) is 0.736. The maximum atomic E-state index is 11.4. The number of carbonyl (C=O) groups excluding carboxylic acids is 2. The Hall–Kier alpha value is -0.960. The van der Waals surface area contributed by atoms with Crippen molar-refractivity contribution in [2.45, 2.75) is 19.4 Å². The van der Waals surface area contributed by atoms with Gasteiger partial charge in [0.05, 0.1) is 12.0 Å². The number of carbonyl (C=O) groups is 2. The van der Waals surface area contributed by atoms with E-state index in [1.54, 1.807) is 0 Å². The van der Waals surface area contributed by atoms with Crippen molar-refractivity contribution in [1.82, 2.24) is 0 Å². The molecule has 1 saturated carbocycles. The van der Waals surface area contributed by atoms with Crippen LogP contribution in [0, 0.1) is 11.8 Å². The highest BCUT2D eigenvalue weighted by molar-refractivity contribution is 6.41. The molecule has 0 unspecified atom stereocenters. The monoisotopic (exact) mass is 180 g/mol. The molecule has 0 aromatic carbocycles. The van der Waals surface area contributed by atoms with Gasteiger partial charge in [0.25, 0.3) is 0 Å². The number of allylic oxidation sites excluding steroid dienone is 1. The highest BCUT2D eigenvalue weighted by atomic mass is 16.5. The van der Waals surface area contributed by atoms with Gasteiger partial charge >= 0.3 is 0 Å². The van der Waals surface area contributed by atoms with Crippen LogP contribution in [-0.2, 0) is 14.3 Å². The molecular weight excluding hydrogens is 168 g/mol. The highest BCUT2D eigenvalue weighted by Crippen LogP contribution is 2.33. The van der Waals surface area contributed by atoms with Crippen LogP contribution in [0.15, 0.2) is 12.2 Å². The van der Waals surface area contributed by atoms with E-state index >= 15 is 0 Å². The Morgan fingerprint density at radius 2 is 2.15 bits per heavy atom. The first-order valence-electron chi connectivity index (χ1n) is 4.62. The molecule has 70 valence electrons. The topological polar surface area (TPSA) is 43.4 Å². The summed E-state index contributed by atoms with van der Waals surface area (Å²) in [5.74, 6) is -1.02. The molecule has 0 aliphatic heterocycles. The van der Waals surface area contributed by atoms with E-state index in [1.165, 1.54) is 0 Å². The van der Waals surface area contributed by atoms with Crippen LogP contribution in [-0.4, -0.2) is 24.3 Å². The maximum absolute atomic E-state index is 11.4. The van der Waals surface area contributed by atoms with Crippen molar-refractivity contribution >= 4 is 11.6 Å². The lowest BCUT2D eigenvalue weighted by molar-refractivity contribution is -0.148. The number of Topliss-reactive ketones (excluding diaryl/α,β-unsaturated/α-hetero) is 2. The third kappa shape index (κ3) is 1.23. The largest absolute Gasteiger partial charge is 0.377 e. The predicted molar refractivity (Wildman–Crippen MR) is 46.2 cm³/mol. The van der Waals surface area contributed by atoms with Gasteiger partial charge in [-0.1, -0.05) is 12.2 Å². The van der Waals surface area contributed by atoms with E-state index in [0.717, 1.165) is 0 Å². The Morgan fingerprint density at radius 1 is 1.38 bits per heavy atom. The second-order valence-corrected chi connectivity index (χ2v) is 3.48. The first-order chi connectivity index (χ1) is 6.24. The summed E-state index contributed by atoms with van der Waals surface area (Å²) in [6.07, 6.45) is 4.27. The molecule has 0 amide bonds. The van der Waals surface area contributed by atoms with Crippen LogP contribution in [0.5, 0.6) is 0 Å². The van der Waals surface area contributed by atoms with E-state index in [4.69, 9.17) is 4.74 Å². The lowest BCUT2D eigenvalue weighted by Crippen LogP contribution is -2.46. The Bertz CT molecular complexity index is 280. The molecule has 0 saturated heterocycles. The van der Waals surface area contributed by atoms with Gasteiger partial charge in [0.15, 0.2) is 0 Å². The van der Waals surface area contributed by atoms with Gasteiger partial charge in [-0.2, -0.15) is 0 Å². The summed E-state index contributed by atoms with van der Waals surface area (Å²) in [4.78, 5) is 22.7. The van der Waals surface area contributed by atoms with Crippen molar-refractivity contribution in [3.05, 3.63) is 12.2 Å². The minimum Gasteiger partial charge on any atom is -0.377 e. The van der Waals surface area contributed by atoms with Gasteiger partial charge < -0.3 is 4.74 Å². The van der Waals surface area contributed by atoms with E-state index in [9.17, 15) is 9.59 Å². The summed E-state index contributed by atoms with van der Waals surface area (Å²) in [6.45, 7) is 2.50. The molecule has 0 spiro atoms. The van der Waals surface area contributed by atoms with E-state index in [-0.39, 0.29) is 29.5 Å². The van der Waals surface area contributed by atoms with Crippen LogP contribution in [0.3, 0.4) is 0 Å². The minimum atomic E-state index is -0.308. The average Bonchev–Trinajstić information content (AvgIpc) is 2.14. The number of ether oxygens (including phenoxy) is 1. The fraction of sp³-hybridized carbons (Fsp3) is 0.600. The molecule has 3 aliphatic carbocycles. The van der Waals surface area contributed by atoms with Crippen LogP contribution in [0.2, 0.25) is 0 Å². The summed E-state index contributed by atoms with van der Waals surface area (Å²) < 4.78 is 5.41. The lowest BCUT2D eigenvalue weighted by atomic mass is 9.72. The van der Waals surface area contributed by atoms with Crippen LogP contribution in [0.4, 0.5) is 0 Å². The first kappa shape index (κ1) is 8.63. The van der Waals surface area contributed by atoms with Crippen molar-refractivity contribution in [2.24, 2.45) is 11.8 Å². The molecule has 0 aromatic heterocycles. The molecule has 13 heavy (non-hydrogen) atoms. The zero-order valence-corrected chi connectivity index (χ0v) is 7.53. The van der Waals surface area contributed by atoms with Crippen LogP contribution in [0.1, 0.15) is 13.3 Å². The fourth-order valence-corrected chi connectivity index (χ4v) is 2.04. The Labute approximate surface area is 76.8 Å². The molecule has 2 bridgehead atoms. The van der Waals surface area contributed by atoms with Crippen molar-refractivity contribution in [2.75, 3.05) is 6.61 Å². The lowest BCUT2D eigenvalue weighted by Gasteiger charge is -2.34. The Morgan fingerprint density at radius 3 is 2.77 bits per heavy atom. The van der Waals surface area contributed by atoms with Crippen molar-refractivity contribution in [1.29, 1.82) is 0 Å². The molecular formula is C10H12O3. The standard InChI is InChI=1S/C10H12O3/c1-2-13-8-5-6-3-4-7(8)10(12)9(6)11/h3-4,6-8H,2,5H2,1H3/t6-,7+,8-/m0/s1. The summed E-state index contributed by atoms with van der Waals surface area (Å²) in [5, 5.41) is 0. The van der Waals surface area contributed by atoms with E-state index in [1.807, 2.05) is 19.1 Å². The third-order valence-corrected chi connectivity index (χ3v) is 2.70. The summed E-state index contributed by atoms with van der Waals surface area (Å²) >= 11 is 0. The molecule has 0 radical (unpaired) electrons. The Kier molecular flexibility index (Phi) is 2.04. The molecule has 3 heteroatoms. The van der Waals surface area contributed by atoms with Gasteiger partial charge in [-0.3, -0.25) is 9.59 Å². The summed E-state index contributed by atoms with van der Waals surface area (Å²) in [5.41, 5.74) is 0. The zero-order valence-electron chi connectivity index (χ0n) is 7.53. The number of fused-ring (bicyclic) bond motifs is 2. The molecule has 1 fully saturated rings.